The maximum atomic E-state index is 12.8. The normalized spacial score (nSPS) is 11.8. The van der Waals surface area contributed by atoms with Crippen molar-refractivity contribution in [3.05, 3.63) is 76.3 Å². The number of carboxylic acids is 1. The Morgan fingerprint density at radius 1 is 1.08 bits per heavy atom. The maximum absolute atomic E-state index is 12.8. The summed E-state index contributed by atoms with van der Waals surface area (Å²) in [5.41, 5.74) is 3.43. The number of nitrogens with zero attached hydrogens (tertiary/aromatic N) is 2. The average Bonchev–Trinajstić information content (AvgIpc) is 3.29. The second-order valence-corrected chi connectivity index (χ2v) is 10.1. The number of methoxy groups -OCH3 is 1. The number of aromatic nitrogens is 1. The van der Waals surface area contributed by atoms with E-state index < -0.39 is 22.8 Å². The maximum Gasteiger partial charge on any atom is 0.326 e. The summed E-state index contributed by atoms with van der Waals surface area (Å²) in [7, 11) is 1.46. The van der Waals surface area contributed by atoms with Crippen LogP contribution in [0.4, 0.5) is 16.5 Å². The second kappa shape index (κ2) is 11.3. The van der Waals surface area contributed by atoms with Crippen LogP contribution in [0.25, 0.3) is 21.3 Å². The number of fused-ring (bicyclic) bond motifs is 1. The predicted molar refractivity (Wildman–Crippen MR) is 146 cm³/mol. The first-order chi connectivity index (χ1) is 18.1. The highest BCUT2D eigenvalue weighted by atomic mass is 32.1. The number of carbonyl (C=O) groups is 2. The number of benzene rings is 3. The van der Waals surface area contributed by atoms with E-state index in [4.69, 9.17) is 4.74 Å². The molecule has 0 fully saturated rings. The molecule has 0 unspecified atom stereocenters. The van der Waals surface area contributed by atoms with Crippen LogP contribution in [0.1, 0.15) is 30.6 Å². The highest BCUT2D eigenvalue weighted by molar-refractivity contribution is 7.22. The molecule has 0 aliphatic heterocycles. The van der Waals surface area contributed by atoms with Crippen LogP contribution in [-0.2, 0) is 4.79 Å². The molecule has 0 bridgehead atoms. The number of nitrogens with one attached hydrogen (secondary N) is 2. The molecule has 4 aromatic rings. The van der Waals surface area contributed by atoms with Crippen molar-refractivity contribution >= 4 is 49.9 Å². The topological polar surface area (TPSA) is 144 Å². The fraction of sp³-hybridized carbons (Fsp3) is 0.222. The number of amides is 1. The summed E-state index contributed by atoms with van der Waals surface area (Å²) < 4.78 is 6.15. The number of carboxylic acid groups (broad SMARTS) is 1. The summed E-state index contributed by atoms with van der Waals surface area (Å²) in [4.78, 5) is 39.4. The molecule has 196 valence electrons. The molecular formula is C27H26N4O6S. The van der Waals surface area contributed by atoms with Crippen molar-refractivity contribution in [3.8, 4) is 16.9 Å². The first kappa shape index (κ1) is 26.6. The number of hydrogen-bond donors (Lipinski definition) is 3. The van der Waals surface area contributed by atoms with Crippen LogP contribution in [0.15, 0.2) is 60.7 Å². The quantitative estimate of drug-likeness (QED) is 0.170. The van der Waals surface area contributed by atoms with Crippen molar-refractivity contribution in [1.82, 2.24) is 10.3 Å². The van der Waals surface area contributed by atoms with E-state index in [9.17, 15) is 24.8 Å². The molecule has 1 amide bonds. The van der Waals surface area contributed by atoms with E-state index in [1.807, 2.05) is 38.1 Å². The van der Waals surface area contributed by atoms with E-state index in [0.717, 1.165) is 16.8 Å². The molecule has 0 radical (unpaired) electrons. The zero-order chi connectivity index (χ0) is 27.4. The Balaban J connectivity index is 1.49. The van der Waals surface area contributed by atoms with Crippen molar-refractivity contribution in [1.29, 1.82) is 0 Å². The lowest BCUT2D eigenvalue weighted by atomic mass is 10.0. The number of nitro benzene ring substituents is 1. The third-order valence-corrected chi connectivity index (χ3v) is 6.74. The number of carbonyl (C=O) groups excluding carboxylic acids is 1. The van der Waals surface area contributed by atoms with Gasteiger partial charge in [0.2, 0.25) is 0 Å². The minimum atomic E-state index is -1.08. The smallest absolute Gasteiger partial charge is 0.326 e. The fourth-order valence-corrected chi connectivity index (χ4v) is 4.86. The van der Waals surface area contributed by atoms with Gasteiger partial charge in [0.05, 0.1) is 27.8 Å². The van der Waals surface area contributed by atoms with Crippen molar-refractivity contribution in [3.63, 3.8) is 0 Å². The van der Waals surface area contributed by atoms with E-state index in [-0.39, 0.29) is 17.2 Å². The zero-order valence-corrected chi connectivity index (χ0v) is 21.7. The molecule has 11 heteroatoms. The summed E-state index contributed by atoms with van der Waals surface area (Å²) in [6.07, 6.45) is 0.318. The lowest BCUT2D eigenvalue weighted by Gasteiger charge is -2.18. The van der Waals surface area contributed by atoms with E-state index in [2.05, 4.69) is 15.6 Å². The Morgan fingerprint density at radius 3 is 2.42 bits per heavy atom. The molecule has 1 heterocycles. The molecule has 0 saturated carbocycles. The van der Waals surface area contributed by atoms with Gasteiger partial charge in [-0.3, -0.25) is 14.9 Å². The summed E-state index contributed by atoms with van der Waals surface area (Å²) in [5, 5.41) is 26.9. The number of ether oxygens (including phenoxy) is 1. The molecule has 0 spiro atoms. The summed E-state index contributed by atoms with van der Waals surface area (Å²) in [6.45, 7) is 3.79. The number of hydrogen-bond acceptors (Lipinski definition) is 8. The highest BCUT2D eigenvalue weighted by Crippen LogP contribution is 2.32. The van der Waals surface area contributed by atoms with Crippen LogP contribution >= 0.6 is 11.3 Å². The Bertz CT molecular complexity index is 1500. The van der Waals surface area contributed by atoms with Gasteiger partial charge in [0.25, 0.3) is 11.6 Å². The van der Waals surface area contributed by atoms with Gasteiger partial charge in [-0.25, -0.2) is 9.78 Å². The first-order valence-electron chi connectivity index (χ1n) is 11.8. The van der Waals surface area contributed by atoms with Gasteiger partial charge >= 0.3 is 5.97 Å². The van der Waals surface area contributed by atoms with Gasteiger partial charge < -0.3 is 20.5 Å². The Hall–Kier alpha value is -4.51. The molecule has 0 aliphatic rings. The number of thiazole rings is 1. The Morgan fingerprint density at radius 2 is 1.79 bits per heavy atom. The molecular weight excluding hydrogens is 508 g/mol. The number of aliphatic carboxylic acids is 1. The van der Waals surface area contributed by atoms with Gasteiger partial charge in [0, 0.05) is 17.8 Å². The molecule has 3 aromatic carbocycles. The summed E-state index contributed by atoms with van der Waals surface area (Å²) in [5.74, 6) is -1.15. The van der Waals surface area contributed by atoms with Crippen molar-refractivity contribution in [2.24, 2.45) is 5.92 Å². The van der Waals surface area contributed by atoms with Crippen LogP contribution in [0.2, 0.25) is 0 Å². The molecule has 10 nitrogen and oxygen atoms in total. The lowest BCUT2D eigenvalue weighted by molar-refractivity contribution is -0.384. The highest BCUT2D eigenvalue weighted by Gasteiger charge is 2.23. The van der Waals surface area contributed by atoms with E-state index in [0.29, 0.717) is 27.5 Å². The van der Waals surface area contributed by atoms with Crippen LogP contribution < -0.4 is 15.4 Å². The number of non-ortho nitro benzene ring substituents is 1. The molecule has 0 aliphatic carbocycles. The van der Waals surface area contributed by atoms with Gasteiger partial charge in [-0.05, 0) is 53.8 Å². The molecule has 38 heavy (non-hydrogen) atoms. The largest absolute Gasteiger partial charge is 0.496 e. The van der Waals surface area contributed by atoms with E-state index in [1.165, 1.54) is 30.6 Å². The van der Waals surface area contributed by atoms with Crippen LogP contribution in [0.3, 0.4) is 0 Å². The molecule has 0 saturated heterocycles. The fourth-order valence-electron chi connectivity index (χ4n) is 3.94. The monoisotopic (exact) mass is 534 g/mol. The van der Waals surface area contributed by atoms with Crippen LogP contribution in [0.5, 0.6) is 5.75 Å². The van der Waals surface area contributed by atoms with Gasteiger partial charge in [-0.2, -0.15) is 0 Å². The standard InChI is InChI=1S/C27H26N4O6S/c1-15(2)12-22(26(33)34)29-25(32)20-10-6-17(13-23(20)37-3)16-4-7-18(8-5-16)28-27-30-21-11-9-19(31(35)36)14-24(21)38-27/h4-11,13-15,22H,12H2,1-3H3,(H,28,30)(H,29,32)(H,33,34)/t22-/m0/s1. The van der Waals surface area contributed by atoms with Crippen LogP contribution in [-0.4, -0.2) is 40.0 Å². The number of nitro groups is 1. The minimum Gasteiger partial charge on any atom is -0.496 e. The number of rotatable bonds is 10. The summed E-state index contributed by atoms with van der Waals surface area (Å²) >= 11 is 1.32. The lowest BCUT2D eigenvalue weighted by Crippen LogP contribution is -2.41. The van der Waals surface area contributed by atoms with Gasteiger partial charge in [-0.1, -0.05) is 43.4 Å². The minimum absolute atomic E-state index is 0.0215. The van der Waals surface area contributed by atoms with Gasteiger partial charge in [-0.15, -0.1) is 0 Å². The Labute approximate surface area is 222 Å². The number of anilines is 2. The van der Waals surface area contributed by atoms with E-state index in [1.54, 1.807) is 24.3 Å². The molecule has 4 rings (SSSR count). The Kier molecular flexibility index (Phi) is 7.87. The zero-order valence-electron chi connectivity index (χ0n) is 20.9. The van der Waals surface area contributed by atoms with Crippen LogP contribution in [0, 0.1) is 16.0 Å². The third kappa shape index (κ3) is 6.06. The van der Waals surface area contributed by atoms with Gasteiger partial charge in [0.1, 0.15) is 11.8 Å². The van der Waals surface area contributed by atoms with Gasteiger partial charge in [0.15, 0.2) is 5.13 Å². The summed E-state index contributed by atoms with van der Waals surface area (Å²) in [6, 6.07) is 16.2. The van der Waals surface area contributed by atoms with Crippen molar-refractivity contribution in [2.45, 2.75) is 26.3 Å². The predicted octanol–water partition coefficient (Wildman–Crippen LogP) is 5.85. The first-order valence-corrected chi connectivity index (χ1v) is 12.6. The van der Waals surface area contributed by atoms with Crippen molar-refractivity contribution in [2.75, 3.05) is 12.4 Å². The molecule has 1 atom stereocenters. The molecule has 1 aromatic heterocycles. The third-order valence-electron chi connectivity index (χ3n) is 5.81. The second-order valence-electron chi connectivity index (χ2n) is 9.04. The van der Waals surface area contributed by atoms with E-state index >= 15 is 0 Å². The SMILES string of the molecule is COc1cc(-c2ccc(Nc3nc4ccc([N+](=O)[O-])cc4s3)cc2)ccc1C(=O)N[C@@H](CC(C)C)C(=O)O. The van der Waals surface area contributed by atoms with Crippen molar-refractivity contribution < 1.29 is 24.4 Å². The average molecular weight is 535 g/mol. The molecule has 3 N–H and O–H groups in total.